The largest absolute Gasteiger partial charge is 0.488 e. The number of carbonyl (C=O) groups excluding carboxylic acids is 4. The second-order valence-electron chi connectivity index (χ2n) is 17.6. The molecule has 6 atom stereocenters. The molecule has 4 amide bonds. The molecule has 0 saturated carbocycles. The Hall–Kier alpha value is -5.68. The van der Waals surface area contributed by atoms with Crippen molar-refractivity contribution in [3.8, 4) is 28.1 Å². The van der Waals surface area contributed by atoms with Crippen LogP contribution in [0.3, 0.4) is 0 Å². The van der Waals surface area contributed by atoms with Crippen LogP contribution in [-0.4, -0.2) is 106 Å². The van der Waals surface area contributed by atoms with Crippen LogP contribution in [0.1, 0.15) is 83.2 Å². The number of hydrogen-bond donors (Lipinski definition) is 4. The van der Waals surface area contributed by atoms with Gasteiger partial charge in [-0.15, -0.1) is 0 Å². The molecule has 63 heavy (non-hydrogen) atoms. The van der Waals surface area contributed by atoms with E-state index in [0.29, 0.717) is 48.1 Å². The van der Waals surface area contributed by atoms with Crippen LogP contribution in [0.25, 0.3) is 44.2 Å². The van der Waals surface area contributed by atoms with Gasteiger partial charge in [0.2, 0.25) is 11.8 Å². The number of benzene rings is 3. The first-order valence-corrected chi connectivity index (χ1v) is 22.3. The molecule has 4 N–H and O–H groups in total. The van der Waals surface area contributed by atoms with Crippen molar-refractivity contribution in [3.05, 3.63) is 64.3 Å². The predicted molar refractivity (Wildman–Crippen MR) is 240 cm³/mol. The maximum absolute atomic E-state index is 14.0. The van der Waals surface area contributed by atoms with Crippen molar-refractivity contribution in [2.45, 2.75) is 90.7 Å². The number of fused-ring (bicyclic) bond motifs is 6. The van der Waals surface area contributed by atoms with Gasteiger partial charge in [-0.05, 0) is 94.7 Å². The Labute approximate surface area is 374 Å². The highest BCUT2D eigenvalue weighted by molar-refractivity contribution is 9.10. The smallest absolute Gasteiger partial charge is 0.407 e. The summed E-state index contributed by atoms with van der Waals surface area (Å²) in [5, 5.41) is 7.39. The Balaban J connectivity index is 1.07. The highest BCUT2D eigenvalue weighted by Crippen LogP contribution is 2.45. The summed E-state index contributed by atoms with van der Waals surface area (Å²) in [5.41, 5.74) is 6.28. The minimum Gasteiger partial charge on any atom is -0.488 e. The molecule has 16 nitrogen and oxygen atoms in total. The lowest BCUT2D eigenvalue weighted by Gasteiger charge is -2.32. The molecule has 3 aliphatic heterocycles. The second kappa shape index (κ2) is 17.8. The molecule has 0 aliphatic carbocycles. The Bertz CT molecular complexity index is 2570. The first kappa shape index (κ1) is 43.9. The fourth-order valence-electron chi connectivity index (χ4n) is 9.47. The molecule has 0 unspecified atom stereocenters. The number of H-pyrrole nitrogens is 2. The van der Waals surface area contributed by atoms with Gasteiger partial charge >= 0.3 is 12.2 Å². The number of hydrogen-bond acceptors (Lipinski definition) is 10. The third-order valence-electron chi connectivity index (χ3n) is 12.7. The lowest BCUT2D eigenvalue weighted by Crippen LogP contribution is -2.52. The Morgan fingerprint density at radius 2 is 1.56 bits per heavy atom. The van der Waals surface area contributed by atoms with Crippen LogP contribution in [0.5, 0.6) is 5.75 Å². The molecule has 8 rings (SSSR count). The summed E-state index contributed by atoms with van der Waals surface area (Å²) >= 11 is 3.73. The number of imidazole rings is 2. The number of carbonyl (C=O) groups is 4. The monoisotopic (exact) mass is 926 g/mol. The number of ether oxygens (including phenoxy) is 4. The summed E-state index contributed by atoms with van der Waals surface area (Å²) in [4.78, 5) is 73.2. The molecule has 17 heteroatoms. The first-order chi connectivity index (χ1) is 30.2. The average Bonchev–Trinajstić information content (AvgIpc) is 4.08. The van der Waals surface area contributed by atoms with Gasteiger partial charge in [0.1, 0.15) is 46.4 Å². The fraction of sp³-hybridized carbons (Fsp3) is 0.478. The summed E-state index contributed by atoms with van der Waals surface area (Å²) in [7, 11) is 4.23. The molecular formula is C46H55BrN8O8. The number of nitrogens with zero attached hydrogens (tertiary/aromatic N) is 4. The van der Waals surface area contributed by atoms with Crippen LogP contribution in [0.2, 0.25) is 0 Å². The van der Waals surface area contributed by atoms with E-state index in [9.17, 15) is 19.2 Å². The quantitative estimate of drug-likeness (QED) is 0.102. The number of aromatic amines is 2. The molecule has 3 aliphatic rings. The minimum atomic E-state index is -0.770. The van der Waals surface area contributed by atoms with E-state index in [1.165, 1.54) is 14.2 Å². The Morgan fingerprint density at radius 3 is 2.24 bits per heavy atom. The number of methoxy groups -OCH3 is 3. The van der Waals surface area contributed by atoms with Crippen molar-refractivity contribution in [1.82, 2.24) is 40.4 Å². The molecule has 2 fully saturated rings. The van der Waals surface area contributed by atoms with Crippen molar-refractivity contribution in [1.29, 1.82) is 0 Å². The van der Waals surface area contributed by atoms with Gasteiger partial charge in [0.15, 0.2) is 0 Å². The van der Waals surface area contributed by atoms with Crippen LogP contribution >= 0.6 is 15.9 Å². The summed E-state index contributed by atoms with van der Waals surface area (Å²) in [6.07, 6.45) is 0.897. The van der Waals surface area contributed by atoms with Crippen LogP contribution in [0.4, 0.5) is 9.59 Å². The second-order valence-corrected chi connectivity index (χ2v) is 18.4. The van der Waals surface area contributed by atoms with Crippen molar-refractivity contribution in [2.24, 2.45) is 17.8 Å². The van der Waals surface area contributed by atoms with Crippen LogP contribution in [-0.2, 0) is 30.4 Å². The topological polar surface area (TPSA) is 193 Å². The number of amides is 4. The molecule has 5 heterocycles. The van der Waals surface area contributed by atoms with Crippen molar-refractivity contribution < 1.29 is 38.1 Å². The lowest BCUT2D eigenvalue weighted by molar-refractivity contribution is -0.137. The highest BCUT2D eigenvalue weighted by Gasteiger charge is 2.43. The van der Waals surface area contributed by atoms with Gasteiger partial charge < -0.3 is 49.3 Å². The molecule has 334 valence electrons. The Morgan fingerprint density at radius 1 is 0.857 bits per heavy atom. The molecule has 0 spiro atoms. The SMILES string of the molecule is COC[C@H]1C[C@@H](c2nc(-c3ccc4c(c3)COc3cc5c(ccc6[nH]c([C@@H]7CC[C@H](C)N7C(=O)[C@@H](NC(=O)OC)C(C)C)nc65)cc3-4)c(Br)[nH]2)N(C(=O)[C@@H](NC(=O)OC)C(C)C)C1. The summed E-state index contributed by atoms with van der Waals surface area (Å²) in [6, 6.07) is 12.3. The van der Waals surface area contributed by atoms with E-state index < -0.39 is 24.3 Å². The van der Waals surface area contributed by atoms with Crippen LogP contribution in [0.15, 0.2) is 47.1 Å². The molecule has 2 saturated heterocycles. The van der Waals surface area contributed by atoms with Crippen molar-refractivity contribution in [3.63, 3.8) is 0 Å². The highest BCUT2D eigenvalue weighted by atomic mass is 79.9. The van der Waals surface area contributed by atoms with Gasteiger partial charge in [-0.2, -0.15) is 0 Å². The number of rotatable bonds is 11. The van der Waals surface area contributed by atoms with Gasteiger partial charge in [-0.3, -0.25) is 9.59 Å². The Kier molecular flexibility index (Phi) is 12.4. The normalized spacial score (nSPS) is 20.4. The van der Waals surface area contributed by atoms with E-state index >= 15 is 0 Å². The van der Waals surface area contributed by atoms with Crippen molar-refractivity contribution >= 4 is 61.7 Å². The molecule has 0 bridgehead atoms. The van der Waals surface area contributed by atoms with E-state index in [0.717, 1.165) is 62.7 Å². The van der Waals surface area contributed by atoms with Gasteiger partial charge in [0.05, 0.1) is 43.9 Å². The van der Waals surface area contributed by atoms with Crippen LogP contribution in [0, 0.1) is 17.8 Å². The third kappa shape index (κ3) is 8.32. The van der Waals surface area contributed by atoms with Gasteiger partial charge in [0.25, 0.3) is 0 Å². The van der Waals surface area contributed by atoms with E-state index in [1.54, 1.807) is 12.0 Å². The van der Waals surface area contributed by atoms with E-state index in [2.05, 4.69) is 66.9 Å². The van der Waals surface area contributed by atoms with E-state index in [4.69, 9.17) is 28.9 Å². The summed E-state index contributed by atoms with van der Waals surface area (Å²) < 4.78 is 22.3. The zero-order valence-electron chi connectivity index (χ0n) is 36.8. The predicted octanol–water partition coefficient (Wildman–Crippen LogP) is 7.78. The average molecular weight is 928 g/mol. The maximum atomic E-state index is 14.0. The van der Waals surface area contributed by atoms with Gasteiger partial charge in [-0.25, -0.2) is 19.6 Å². The van der Waals surface area contributed by atoms with E-state index in [-0.39, 0.29) is 47.7 Å². The molecule has 0 radical (unpaired) electrons. The zero-order chi connectivity index (χ0) is 44.9. The first-order valence-electron chi connectivity index (χ1n) is 21.5. The van der Waals surface area contributed by atoms with E-state index in [1.807, 2.05) is 51.7 Å². The minimum absolute atomic E-state index is 0.0339. The van der Waals surface area contributed by atoms with Crippen LogP contribution < -0.4 is 15.4 Å². The maximum Gasteiger partial charge on any atom is 0.407 e. The number of aromatic nitrogens is 4. The fourth-order valence-corrected chi connectivity index (χ4v) is 9.99. The number of nitrogens with one attached hydrogen (secondary N) is 4. The van der Waals surface area contributed by atoms with Gasteiger partial charge in [0, 0.05) is 42.1 Å². The van der Waals surface area contributed by atoms with Crippen molar-refractivity contribution in [2.75, 3.05) is 34.5 Å². The molecule has 5 aromatic rings. The molecule has 2 aromatic heterocycles. The zero-order valence-corrected chi connectivity index (χ0v) is 38.4. The molecular weight excluding hydrogens is 872 g/mol. The summed E-state index contributed by atoms with van der Waals surface area (Å²) in [6.45, 7) is 10.9. The number of alkyl carbamates (subject to hydrolysis) is 2. The number of likely N-dealkylation sites (tertiary alicyclic amines) is 2. The standard InChI is InChI=1S/C46H55BrN8O8/c1-22(2)36(51-45(58)61-7)43(56)54-19-25(20-60-6)15-34(54)42-49-38(40(47)53-42)27-10-12-29-28(16-27)21-63-35-18-30-26(17-31(29)35)11-13-32-39(30)50-41(48-32)33-14-9-24(5)55(33)44(57)37(23(3)4)52-46(59)62-8/h10-13,16-18,22-25,33-34,36-37H,9,14-15,19-21H2,1-8H3,(H,48,50)(H,49,53)(H,51,58)(H,52,59)/t24-,25-,33-,34-,36-,37-/m0/s1. The lowest BCUT2D eigenvalue weighted by atomic mass is 9.92. The third-order valence-corrected chi connectivity index (χ3v) is 13.3. The summed E-state index contributed by atoms with van der Waals surface area (Å²) in [5.74, 6) is 1.51. The molecule has 3 aromatic carbocycles. The number of halogens is 1. The van der Waals surface area contributed by atoms with Gasteiger partial charge in [-0.1, -0.05) is 45.9 Å².